The summed E-state index contributed by atoms with van der Waals surface area (Å²) in [4.78, 5) is 28.7. The molecule has 3 aromatic heterocycles. The molecule has 4 rings (SSSR count). The van der Waals surface area contributed by atoms with Gasteiger partial charge in [-0.3, -0.25) is 14.0 Å². The fourth-order valence-corrected chi connectivity index (χ4v) is 4.55. The van der Waals surface area contributed by atoms with E-state index >= 15 is 0 Å². The highest BCUT2D eigenvalue weighted by Crippen LogP contribution is 2.40. The Morgan fingerprint density at radius 1 is 1.42 bits per heavy atom. The van der Waals surface area contributed by atoms with E-state index in [1.54, 1.807) is 10.5 Å². The number of nitrogens with two attached hydrogens (primary N) is 1. The molecule has 26 heavy (non-hydrogen) atoms. The molecule has 8 nitrogen and oxygen atoms in total. The normalized spacial score (nSPS) is 14.2. The molecule has 0 atom stereocenters. The number of carbonyl (C=O) groups excluding carboxylic acids is 1. The number of fused-ring (bicyclic) bond motifs is 1. The number of hydrogen-bond donors (Lipinski definition) is 1. The van der Waals surface area contributed by atoms with Crippen molar-refractivity contribution in [3.8, 4) is 0 Å². The number of aryl methyl sites for hydroxylation is 1. The lowest BCUT2D eigenvalue weighted by atomic mass is 10.3. The van der Waals surface area contributed by atoms with E-state index < -0.39 is 0 Å². The lowest BCUT2D eigenvalue weighted by Gasteiger charge is -2.08. The van der Waals surface area contributed by atoms with Gasteiger partial charge >= 0.3 is 0 Å². The third-order valence-corrected chi connectivity index (χ3v) is 6.19. The van der Waals surface area contributed by atoms with Crippen LogP contribution < -0.4 is 11.3 Å². The number of hydrogen-bond acceptors (Lipinski definition) is 7. The lowest BCUT2D eigenvalue weighted by Crippen LogP contribution is -2.16. The number of primary amides is 1. The molecule has 0 aliphatic heterocycles. The molecule has 0 bridgehead atoms. The first-order valence-corrected chi connectivity index (χ1v) is 10.2. The molecule has 1 aliphatic carbocycles. The van der Waals surface area contributed by atoms with Crippen molar-refractivity contribution in [3.63, 3.8) is 0 Å². The number of thiazole rings is 1. The standard InChI is InChI=1S/C16H18N6O2S2/c1-9-7-25-15-18-11(6-13(24)22(9)15)8-26-16-20-19-14(10-2-3-10)21(16)5-4-12(17)23/h6-7,10H,2-5,8H2,1H3,(H2,17,23). The van der Waals surface area contributed by atoms with Crippen molar-refractivity contribution in [1.82, 2.24) is 24.1 Å². The quantitative estimate of drug-likeness (QED) is 0.615. The smallest absolute Gasteiger partial charge is 0.258 e. The minimum absolute atomic E-state index is 0.0711. The lowest BCUT2D eigenvalue weighted by molar-refractivity contribution is -0.118. The Morgan fingerprint density at radius 3 is 2.96 bits per heavy atom. The molecule has 0 spiro atoms. The van der Waals surface area contributed by atoms with Gasteiger partial charge in [0.15, 0.2) is 10.1 Å². The second-order valence-electron chi connectivity index (χ2n) is 6.35. The van der Waals surface area contributed by atoms with E-state index in [9.17, 15) is 9.59 Å². The molecular formula is C16H18N6O2S2. The van der Waals surface area contributed by atoms with Gasteiger partial charge in [-0.25, -0.2) is 4.98 Å². The number of nitrogens with zero attached hydrogens (tertiary/aromatic N) is 5. The average molecular weight is 390 g/mol. The zero-order valence-electron chi connectivity index (χ0n) is 14.2. The molecule has 0 radical (unpaired) electrons. The van der Waals surface area contributed by atoms with Crippen molar-refractivity contribution < 1.29 is 4.79 Å². The Hall–Kier alpha value is -2.20. The maximum absolute atomic E-state index is 12.3. The number of amides is 1. The van der Waals surface area contributed by atoms with E-state index in [-0.39, 0.29) is 17.9 Å². The highest BCUT2D eigenvalue weighted by Gasteiger charge is 2.30. The average Bonchev–Trinajstić information content (AvgIpc) is 3.25. The Morgan fingerprint density at radius 2 is 2.23 bits per heavy atom. The topological polar surface area (TPSA) is 108 Å². The molecule has 10 heteroatoms. The number of carbonyl (C=O) groups is 1. The van der Waals surface area contributed by atoms with Crippen molar-refractivity contribution in [1.29, 1.82) is 0 Å². The maximum Gasteiger partial charge on any atom is 0.258 e. The van der Waals surface area contributed by atoms with Crippen LogP contribution in [0.4, 0.5) is 0 Å². The SMILES string of the molecule is Cc1csc2nc(CSc3nnc(C4CC4)n3CCC(N)=O)cc(=O)n12. The fraction of sp³-hybridized carbons (Fsp3) is 0.438. The minimum atomic E-state index is -0.343. The van der Waals surface area contributed by atoms with Gasteiger partial charge in [-0.2, -0.15) is 0 Å². The van der Waals surface area contributed by atoms with E-state index in [0.717, 1.165) is 29.5 Å². The van der Waals surface area contributed by atoms with E-state index in [2.05, 4.69) is 15.2 Å². The number of rotatable bonds is 7. The maximum atomic E-state index is 12.3. The van der Waals surface area contributed by atoms with Gasteiger partial charge in [-0.1, -0.05) is 11.8 Å². The van der Waals surface area contributed by atoms with Crippen molar-refractivity contribution in [2.24, 2.45) is 5.73 Å². The van der Waals surface area contributed by atoms with Crippen LogP contribution >= 0.6 is 23.1 Å². The van der Waals surface area contributed by atoms with Crippen LogP contribution in [-0.2, 0) is 17.1 Å². The van der Waals surface area contributed by atoms with Crippen LogP contribution in [0.15, 0.2) is 21.4 Å². The summed E-state index contributed by atoms with van der Waals surface area (Å²) in [6, 6.07) is 1.56. The zero-order chi connectivity index (χ0) is 18.3. The molecule has 0 unspecified atom stereocenters. The van der Waals surface area contributed by atoms with Gasteiger partial charge in [0, 0.05) is 41.8 Å². The summed E-state index contributed by atoms with van der Waals surface area (Å²) in [5, 5.41) is 11.2. The molecule has 0 saturated heterocycles. The molecular weight excluding hydrogens is 372 g/mol. The van der Waals surface area contributed by atoms with Gasteiger partial charge in [-0.15, -0.1) is 21.5 Å². The summed E-state index contributed by atoms with van der Waals surface area (Å²) in [6.07, 6.45) is 2.46. The molecule has 0 aromatic carbocycles. The highest BCUT2D eigenvalue weighted by molar-refractivity contribution is 7.98. The van der Waals surface area contributed by atoms with Crippen LogP contribution in [0.3, 0.4) is 0 Å². The summed E-state index contributed by atoms with van der Waals surface area (Å²) >= 11 is 2.93. The van der Waals surface area contributed by atoms with Gasteiger partial charge in [0.1, 0.15) is 5.82 Å². The van der Waals surface area contributed by atoms with E-state index in [4.69, 9.17) is 5.73 Å². The second kappa shape index (κ2) is 6.84. The third-order valence-electron chi connectivity index (χ3n) is 4.25. The Bertz CT molecular complexity index is 1030. The van der Waals surface area contributed by atoms with Crippen LogP contribution in [0, 0.1) is 6.92 Å². The van der Waals surface area contributed by atoms with Crippen molar-refractivity contribution in [3.05, 3.63) is 39.0 Å². The first-order valence-electron chi connectivity index (χ1n) is 8.34. The van der Waals surface area contributed by atoms with Crippen LogP contribution in [0.2, 0.25) is 0 Å². The van der Waals surface area contributed by atoms with Crippen LogP contribution in [-0.4, -0.2) is 30.1 Å². The van der Waals surface area contributed by atoms with Crippen molar-refractivity contribution in [2.45, 2.75) is 49.6 Å². The molecule has 1 aliphatic rings. The van der Waals surface area contributed by atoms with Crippen molar-refractivity contribution >= 4 is 34.0 Å². The summed E-state index contributed by atoms with van der Waals surface area (Å²) in [7, 11) is 0. The predicted molar refractivity (Wildman–Crippen MR) is 99.4 cm³/mol. The molecule has 3 heterocycles. The number of aromatic nitrogens is 5. The van der Waals surface area contributed by atoms with Crippen LogP contribution in [0.25, 0.3) is 4.96 Å². The summed E-state index contributed by atoms with van der Waals surface area (Å²) in [6.45, 7) is 2.37. The summed E-state index contributed by atoms with van der Waals surface area (Å²) < 4.78 is 3.59. The molecule has 1 saturated carbocycles. The van der Waals surface area contributed by atoms with Gasteiger partial charge in [0.05, 0.1) is 5.69 Å². The Balaban J connectivity index is 1.56. The minimum Gasteiger partial charge on any atom is -0.370 e. The second-order valence-corrected chi connectivity index (χ2v) is 8.13. The van der Waals surface area contributed by atoms with E-state index in [1.807, 2.05) is 16.9 Å². The van der Waals surface area contributed by atoms with Gasteiger partial charge in [-0.05, 0) is 19.8 Å². The molecule has 1 fully saturated rings. The third kappa shape index (κ3) is 3.38. The monoisotopic (exact) mass is 390 g/mol. The van der Waals surface area contributed by atoms with Crippen LogP contribution in [0.5, 0.6) is 0 Å². The molecule has 2 N–H and O–H groups in total. The molecule has 1 amide bonds. The predicted octanol–water partition coefficient (Wildman–Crippen LogP) is 1.70. The van der Waals surface area contributed by atoms with E-state index in [1.165, 1.54) is 23.1 Å². The summed E-state index contributed by atoms with van der Waals surface area (Å²) in [5.41, 5.74) is 6.82. The highest BCUT2D eigenvalue weighted by atomic mass is 32.2. The fourth-order valence-electron chi connectivity index (χ4n) is 2.80. The number of thioether (sulfide) groups is 1. The first-order chi connectivity index (χ1) is 12.5. The Kier molecular flexibility index (Phi) is 4.53. The largest absolute Gasteiger partial charge is 0.370 e. The van der Waals surface area contributed by atoms with E-state index in [0.29, 0.717) is 28.9 Å². The zero-order valence-corrected chi connectivity index (χ0v) is 15.8. The molecule has 136 valence electrons. The van der Waals surface area contributed by atoms with Crippen LogP contribution in [0.1, 0.15) is 42.4 Å². The van der Waals surface area contributed by atoms with Gasteiger partial charge < -0.3 is 10.3 Å². The van der Waals surface area contributed by atoms with Crippen molar-refractivity contribution in [2.75, 3.05) is 0 Å². The Labute approximate surface area is 157 Å². The first kappa shape index (κ1) is 17.2. The molecule has 3 aromatic rings. The summed E-state index contributed by atoms with van der Waals surface area (Å²) in [5.74, 6) is 1.52. The van der Waals surface area contributed by atoms with Gasteiger partial charge in [0.2, 0.25) is 5.91 Å². The van der Waals surface area contributed by atoms with Gasteiger partial charge in [0.25, 0.3) is 5.56 Å².